The van der Waals surface area contributed by atoms with Gasteiger partial charge in [-0.3, -0.25) is 0 Å². The second-order valence-electron chi connectivity index (χ2n) is 5.38. The fourth-order valence-electron chi connectivity index (χ4n) is 2.77. The summed E-state index contributed by atoms with van der Waals surface area (Å²) in [5.41, 5.74) is 1.98. The van der Waals surface area contributed by atoms with Gasteiger partial charge in [0.15, 0.2) is 0 Å². The lowest BCUT2D eigenvalue weighted by molar-refractivity contribution is -0.0272. The molecule has 21 heavy (non-hydrogen) atoms. The van der Waals surface area contributed by atoms with Gasteiger partial charge in [-0.15, -0.1) is 11.6 Å². The quantitative estimate of drug-likeness (QED) is 0.811. The Morgan fingerprint density at radius 1 is 1.48 bits per heavy atom. The number of hydrogen-bond acceptors (Lipinski definition) is 4. The normalized spacial score (nSPS) is 20.0. The first-order valence-corrected chi connectivity index (χ1v) is 7.64. The molecule has 1 aliphatic heterocycles. The largest absolute Gasteiger partial charge is 0.497 e. The van der Waals surface area contributed by atoms with E-state index >= 15 is 0 Å². The molecule has 1 unspecified atom stereocenters. The summed E-state index contributed by atoms with van der Waals surface area (Å²) in [7, 11) is 3.78. The summed E-state index contributed by atoms with van der Waals surface area (Å²) in [6.07, 6.45) is 0.171. The number of ether oxygens (including phenoxy) is 2. The maximum Gasteiger partial charge on any atom is 0.124 e. The van der Waals surface area contributed by atoms with Gasteiger partial charge in [0.2, 0.25) is 0 Å². The first-order valence-electron chi connectivity index (χ1n) is 7.10. The van der Waals surface area contributed by atoms with Gasteiger partial charge >= 0.3 is 0 Å². The lowest BCUT2D eigenvalue weighted by Gasteiger charge is -2.30. The van der Waals surface area contributed by atoms with Crippen molar-refractivity contribution >= 4 is 22.6 Å². The molecule has 1 saturated heterocycles. The maximum absolute atomic E-state index is 6.06. The first kappa shape index (κ1) is 14.6. The minimum atomic E-state index is 0.171. The van der Waals surface area contributed by atoms with Crippen LogP contribution in [-0.4, -0.2) is 54.4 Å². The number of nitrogens with zero attached hydrogens (tertiary/aromatic N) is 3. The highest BCUT2D eigenvalue weighted by atomic mass is 35.5. The molecule has 0 aliphatic carbocycles. The SMILES string of the molecule is COc1ccc2c(c1)nc(CCl)n2CC1CN(C)CCO1. The number of likely N-dealkylation sites (N-methyl/N-ethyl adjacent to an activating group) is 1. The van der Waals surface area contributed by atoms with E-state index in [4.69, 9.17) is 21.1 Å². The van der Waals surface area contributed by atoms with Gasteiger partial charge in [0.25, 0.3) is 0 Å². The van der Waals surface area contributed by atoms with Crippen LogP contribution in [0.25, 0.3) is 11.0 Å². The van der Waals surface area contributed by atoms with Gasteiger partial charge in [0.05, 0.1) is 43.3 Å². The predicted molar refractivity (Wildman–Crippen MR) is 83.1 cm³/mol. The molecule has 2 heterocycles. The number of benzene rings is 1. The smallest absolute Gasteiger partial charge is 0.124 e. The van der Waals surface area contributed by atoms with Crippen LogP contribution in [0.4, 0.5) is 0 Å². The van der Waals surface area contributed by atoms with E-state index in [1.54, 1.807) is 7.11 Å². The third-order valence-electron chi connectivity index (χ3n) is 3.88. The van der Waals surface area contributed by atoms with Crippen molar-refractivity contribution in [3.8, 4) is 5.75 Å². The predicted octanol–water partition coefficient (Wildman–Crippen LogP) is 2.11. The van der Waals surface area contributed by atoms with Crippen molar-refractivity contribution in [3.63, 3.8) is 0 Å². The monoisotopic (exact) mass is 309 g/mol. The summed E-state index contributed by atoms with van der Waals surface area (Å²) in [5, 5.41) is 0. The Balaban J connectivity index is 1.92. The Kier molecular flexibility index (Phi) is 4.33. The van der Waals surface area contributed by atoms with Crippen LogP contribution in [0.1, 0.15) is 5.82 Å². The number of rotatable bonds is 4. The Morgan fingerprint density at radius 2 is 2.33 bits per heavy atom. The van der Waals surface area contributed by atoms with Crippen molar-refractivity contribution in [3.05, 3.63) is 24.0 Å². The lowest BCUT2D eigenvalue weighted by atomic mass is 10.2. The fourth-order valence-corrected chi connectivity index (χ4v) is 2.98. The van der Waals surface area contributed by atoms with Crippen LogP contribution in [-0.2, 0) is 17.2 Å². The molecule has 2 aromatic rings. The number of methoxy groups -OCH3 is 1. The fraction of sp³-hybridized carbons (Fsp3) is 0.533. The van der Waals surface area contributed by atoms with Gasteiger partial charge < -0.3 is 18.9 Å². The number of aromatic nitrogens is 2. The second-order valence-corrected chi connectivity index (χ2v) is 5.65. The number of alkyl halides is 1. The van der Waals surface area contributed by atoms with Gasteiger partial charge in [-0.05, 0) is 19.2 Å². The highest BCUT2D eigenvalue weighted by Gasteiger charge is 2.21. The van der Waals surface area contributed by atoms with E-state index in [1.807, 2.05) is 18.2 Å². The highest BCUT2D eigenvalue weighted by molar-refractivity contribution is 6.16. The summed E-state index contributed by atoms with van der Waals surface area (Å²) in [5.74, 6) is 2.07. The van der Waals surface area contributed by atoms with Gasteiger partial charge in [-0.2, -0.15) is 0 Å². The van der Waals surface area contributed by atoms with Crippen molar-refractivity contribution < 1.29 is 9.47 Å². The van der Waals surface area contributed by atoms with Crippen LogP contribution in [0.15, 0.2) is 18.2 Å². The molecule has 0 saturated carbocycles. The Labute approximate surface area is 129 Å². The van der Waals surface area contributed by atoms with E-state index < -0.39 is 0 Å². The van der Waals surface area contributed by atoms with Gasteiger partial charge in [-0.1, -0.05) is 0 Å². The van der Waals surface area contributed by atoms with Gasteiger partial charge in [0, 0.05) is 19.2 Å². The zero-order chi connectivity index (χ0) is 14.8. The summed E-state index contributed by atoms with van der Waals surface area (Å²) in [4.78, 5) is 6.89. The number of imidazole rings is 1. The average Bonchev–Trinajstić information content (AvgIpc) is 2.84. The van der Waals surface area contributed by atoms with Crippen LogP contribution in [0.2, 0.25) is 0 Å². The molecule has 0 radical (unpaired) electrons. The summed E-state index contributed by atoms with van der Waals surface area (Å²) >= 11 is 6.06. The Hall–Kier alpha value is -1.30. The van der Waals surface area contributed by atoms with Crippen LogP contribution in [0.3, 0.4) is 0 Å². The second kappa shape index (κ2) is 6.22. The molecule has 0 N–H and O–H groups in total. The molecule has 1 aromatic heterocycles. The molecule has 0 amide bonds. The van der Waals surface area contributed by atoms with Crippen LogP contribution in [0, 0.1) is 0 Å². The van der Waals surface area contributed by atoms with Crippen molar-refractivity contribution in [1.29, 1.82) is 0 Å². The lowest BCUT2D eigenvalue weighted by Crippen LogP contribution is -2.42. The van der Waals surface area contributed by atoms with E-state index in [0.29, 0.717) is 5.88 Å². The summed E-state index contributed by atoms with van der Waals surface area (Å²) in [6, 6.07) is 5.92. The van der Waals surface area contributed by atoms with Crippen LogP contribution < -0.4 is 4.74 Å². The number of halogens is 1. The molecule has 1 aliphatic rings. The third kappa shape index (κ3) is 3.00. The van der Waals surface area contributed by atoms with E-state index in [-0.39, 0.29) is 6.10 Å². The van der Waals surface area contributed by atoms with Gasteiger partial charge in [0.1, 0.15) is 11.6 Å². The Bertz CT molecular complexity index is 629. The number of morpholine rings is 1. The Morgan fingerprint density at radius 3 is 3.05 bits per heavy atom. The molecule has 1 fully saturated rings. The number of fused-ring (bicyclic) bond motifs is 1. The maximum atomic E-state index is 6.06. The van der Waals surface area contributed by atoms with Crippen LogP contribution >= 0.6 is 11.6 Å². The molecule has 5 nitrogen and oxygen atoms in total. The molecule has 1 atom stereocenters. The van der Waals surface area contributed by atoms with Crippen LogP contribution in [0.5, 0.6) is 5.75 Å². The van der Waals surface area contributed by atoms with Crippen molar-refractivity contribution in [2.45, 2.75) is 18.5 Å². The molecule has 0 spiro atoms. The van der Waals surface area contributed by atoms with E-state index in [9.17, 15) is 0 Å². The van der Waals surface area contributed by atoms with Crippen molar-refractivity contribution in [2.24, 2.45) is 0 Å². The molecular weight excluding hydrogens is 290 g/mol. The first-order chi connectivity index (χ1) is 10.2. The van der Waals surface area contributed by atoms with Crippen molar-refractivity contribution in [2.75, 3.05) is 33.9 Å². The molecule has 6 heteroatoms. The minimum absolute atomic E-state index is 0.171. The van der Waals surface area contributed by atoms with E-state index in [1.165, 1.54) is 0 Å². The standard InChI is InChI=1S/C15H20ClN3O2/c1-18-5-6-21-12(9-18)10-19-14-4-3-11(20-2)7-13(14)17-15(19)8-16/h3-4,7,12H,5-6,8-10H2,1-2H3. The van der Waals surface area contributed by atoms with Crippen molar-refractivity contribution in [1.82, 2.24) is 14.5 Å². The summed E-state index contributed by atoms with van der Waals surface area (Å²) < 4.78 is 13.3. The van der Waals surface area contributed by atoms with Gasteiger partial charge in [-0.25, -0.2) is 4.98 Å². The number of hydrogen-bond donors (Lipinski definition) is 0. The minimum Gasteiger partial charge on any atom is -0.497 e. The average molecular weight is 310 g/mol. The zero-order valence-electron chi connectivity index (χ0n) is 12.4. The summed E-state index contributed by atoms with van der Waals surface area (Å²) in [6.45, 7) is 3.46. The van der Waals surface area contributed by atoms with E-state index in [2.05, 4.69) is 21.5 Å². The zero-order valence-corrected chi connectivity index (χ0v) is 13.1. The molecule has 114 valence electrons. The molecule has 1 aromatic carbocycles. The molecule has 0 bridgehead atoms. The topological polar surface area (TPSA) is 39.5 Å². The highest BCUT2D eigenvalue weighted by Crippen LogP contribution is 2.23. The third-order valence-corrected chi connectivity index (χ3v) is 4.12. The van der Waals surface area contributed by atoms with E-state index in [0.717, 1.165) is 48.8 Å². The molecular formula is C15H20ClN3O2. The molecule has 3 rings (SSSR count).